The van der Waals surface area contributed by atoms with Crippen LogP contribution in [0.4, 0.5) is 0 Å². The van der Waals surface area contributed by atoms with Crippen molar-refractivity contribution in [2.24, 2.45) is 0 Å². The van der Waals surface area contributed by atoms with Gasteiger partial charge < -0.3 is 24.2 Å². The number of rotatable bonds is 0. The SMILES string of the molecule is Cc1cc(=O)oc2cc(O)c(O)cc12.O=c1ccc2ccc(O)cc2o1. The summed E-state index contributed by atoms with van der Waals surface area (Å²) in [6, 6.07) is 11.6. The van der Waals surface area contributed by atoms with Crippen LogP contribution in [0.2, 0.25) is 0 Å². The fourth-order valence-electron chi connectivity index (χ4n) is 2.39. The summed E-state index contributed by atoms with van der Waals surface area (Å²) in [6.07, 6.45) is 0. The Morgan fingerprint density at radius 3 is 2.15 bits per heavy atom. The quantitative estimate of drug-likeness (QED) is 0.328. The topological polar surface area (TPSA) is 121 Å². The van der Waals surface area contributed by atoms with Gasteiger partial charge in [0, 0.05) is 35.0 Å². The van der Waals surface area contributed by atoms with Crippen molar-refractivity contribution < 1.29 is 24.2 Å². The molecule has 0 bridgehead atoms. The molecule has 0 saturated carbocycles. The lowest BCUT2D eigenvalue weighted by Crippen LogP contribution is -1.97. The number of phenolic OH excluding ortho intramolecular Hbond substituents is 3. The second-order valence-corrected chi connectivity index (χ2v) is 5.56. The van der Waals surface area contributed by atoms with Gasteiger partial charge in [0.05, 0.1) is 0 Å². The van der Waals surface area contributed by atoms with E-state index in [1.165, 1.54) is 30.3 Å². The van der Waals surface area contributed by atoms with Crippen LogP contribution in [0.15, 0.2) is 67.0 Å². The van der Waals surface area contributed by atoms with Gasteiger partial charge in [0.25, 0.3) is 0 Å². The zero-order valence-corrected chi connectivity index (χ0v) is 13.6. The van der Waals surface area contributed by atoms with Crippen LogP contribution in [0.5, 0.6) is 17.2 Å². The van der Waals surface area contributed by atoms with E-state index >= 15 is 0 Å². The molecule has 0 fully saturated rings. The molecule has 0 aliphatic carbocycles. The van der Waals surface area contributed by atoms with Gasteiger partial charge in [-0.05, 0) is 36.8 Å². The minimum atomic E-state index is -0.472. The van der Waals surface area contributed by atoms with Crippen molar-refractivity contribution in [3.8, 4) is 17.2 Å². The van der Waals surface area contributed by atoms with E-state index in [1.807, 2.05) is 0 Å². The summed E-state index contributed by atoms with van der Waals surface area (Å²) in [5.74, 6) is -0.433. The first-order valence-electron chi connectivity index (χ1n) is 7.53. The number of hydrogen-bond donors (Lipinski definition) is 3. The Bertz CT molecular complexity index is 1220. The summed E-state index contributed by atoms with van der Waals surface area (Å²) in [4.78, 5) is 21.7. The van der Waals surface area contributed by atoms with E-state index in [1.54, 1.807) is 25.1 Å². The average Bonchev–Trinajstić information content (AvgIpc) is 2.57. The van der Waals surface area contributed by atoms with Crippen LogP contribution < -0.4 is 11.3 Å². The highest BCUT2D eigenvalue weighted by Crippen LogP contribution is 2.30. The maximum Gasteiger partial charge on any atom is 0.336 e. The van der Waals surface area contributed by atoms with Crippen LogP contribution in [-0.2, 0) is 0 Å². The molecule has 4 rings (SSSR count). The predicted octanol–water partition coefficient (Wildman–Crippen LogP) is 3.01. The van der Waals surface area contributed by atoms with E-state index in [4.69, 9.17) is 13.9 Å². The Labute approximate surface area is 146 Å². The molecule has 7 heteroatoms. The lowest BCUT2D eigenvalue weighted by Gasteiger charge is -2.02. The third kappa shape index (κ3) is 3.51. The van der Waals surface area contributed by atoms with Crippen molar-refractivity contribution >= 4 is 21.9 Å². The Morgan fingerprint density at radius 1 is 0.731 bits per heavy atom. The summed E-state index contributed by atoms with van der Waals surface area (Å²) in [6.45, 7) is 1.73. The molecular weight excluding hydrogens is 340 g/mol. The van der Waals surface area contributed by atoms with E-state index in [0.717, 1.165) is 5.39 Å². The van der Waals surface area contributed by atoms with Crippen molar-refractivity contribution in [3.05, 3.63) is 74.9 Å². The number of fused-ring (bicyclic) bond motifs is 2. The Hall–Kier alpha value is -3.74. The zero-order valence-electron chi connectivity index (χ0n) is 13.6. The first-order valence-corrected chi connectivity index (χ1v) is 7.53. The highest BCUT2D eigenvalue weighted by molar-refractivity contribution is 5.83. The van der Waals surface area contributed by atoms with Gasteiger partial charge in [-0.2, -0.15) is 0 Å². The molecule has 7 nitrogen and oxygen atoms in total. The zero-order chi connectivity index (χ0) is 18.8. The molecule has 0 aliphatic rings. The Morgan fingerprint density at radius 2 is 1.38 bits per heavy atom. The normalized spacial score (nSPS) is 10.5. The number of benzene rings is 2. The largest absolute Gasteiger partial charge is 0.508 e. The second kappa shape index (κ2) is 6.64. The Balaban J connectivity index is 0.000000152. The van der Waals surface area contributed by atoms with Gasteiger partial charge in [0.2, 0.25) is 0 Å². The van der Waals surface area contributed by atoms with E-state index in [-0.39, 0.29) is 22.8 Å². The van der Waals surface area contributed by atoms with Crippen LogP contribution in [-0.4, -0.2) is 15.3 Å². The maximum atomic E-state index is 11.0. The average molecular weight is 354 g/mol. The number of aromatic hydroxyl groups is 3. The van der Waals surface area contributed by atoms with Gasteiger partial charge >= 0.3 is 11.3 Å². The third-order valence-electron chi connectivity index (χ3n) is 3.65. The standard InChI is InChI=1S/C10H8O4.C9H6O3/c1-5-2-10(13)14-9-4-8(12)7(11)3-6(5)9;10-7-3-1-6-2-4-9(11)12-8(6)5-7/h2-4,11-12H,1H3;1-5,10H. The van der Waals surface area contributed by atoms with Crippen LogP contribution >= 0.6 is 0 Å². The van der Waals surface area contributed by atoms with Gasteiger partial charge in [0.1, 0.15) is 16.9 Å². The van der Waals surface area contributed by atoms with Crippen molar-refractivity contribution in [1.82, 2.24) is 0 Å². The molecular formula is C19H14O7. The van der Waals surface area contributed by atoms with Crippen LogP contribution in [0.3, 0.4) is 0 Å². The van der Waals surface area contributed by atoms with Gasteiger partial charge in [-0.25, -0.2) is 9.59 Å². The highest BCUT2D eigenvalue weighted by Gasteiger charge is 2.06. The third-order valence-corrected chi connectivity index (χ3v) is 3.65. The maximum absolute atomic E-state index is 11.0. The van der Waals surface area contributed by atoms with E-state index in [2.05, 4.69) is 0 Å². The molecule has 2 heterocycles. The van der Waals surface area contributed by atoms with Gasteiger partial charge in [-0.1, -0.05) is 0 Å². The minimum absolute atomic E-state index is 0.0943. The van der Waals surface area contributed by atoms with Crippen molar-refractivity contribution in [3.63, 3.8) is 0 Å². The highest BCUT2D eigenvalue weighted by atomic mass is 16.4. The van der Waals surface area contributed by atoms with Crippen LogP contribution in [0.25, 0.3) is 21.9 Å². The smallest absolute Gasteiger partial charge is 0.336 e. The fourth-order valence-corrected chi connectivity index (χ4v) is 2.39. The van der Waals surface area contributed by atoms with Gasteiger partial charge in [-0.15, -0.1) is 0 Å². The first kappa shape index (κ1) is 17.1. The summed E-state index contributed by atoms with van der Waals surface area (Å²) in [5, 5.41) is 28.9. The van der Waals surface area contributed by atoms with Crippen molar-refractivity contribution in [2.45, 2.75) is 6.92 Å². The van der Waals surface area contributed by atoms with E-state index in [9.17, 15) is 19.8 Å². The minimum Gasteiger partial charge on any atom is -0.508 e. The van der Waals surface area contributed by atoms with Gasteiger partial charge in [0.15, 0.2) is 11.5 Å². The molecule has 0 atom stereocenters. The number of hydrogen-bond acceptors (Lipinski definition) is 7. The molecule has 26 heavy (non-hydrogen) atoms. The first-order chi connectivity index (χ1) is 12.3. The summed E-state index contributed by atoms with van der Waals surface area (Å²) in [7, 11) is 0. The van der Waals surface area contributed by atoms with Crippen molar-refractivity contribution in [1.29, 1.82) is 0 Å². The van der Waals surface area contributed by atoms with Crippen LogP contribution in [0.1, 0.15) is 5.56 Å². The fraction of sp³-hybridized carbons (Fsp3) is 0.0526. The predicted molar refractivity (Wildman–Crippen MR) is 94.7 cm³/mol. The molecule has 2 aromatic carbocycles. The number of phenols is 3. The molecule has 0 unspecified atom stereocenters. The second-order valence-electron chi connectivity index (χ2n) is 5.56. The van der Waals surface area contributed by atoms with E-state index in [0.29, 0.717) is 16.5 Å². The summed E-state index contributed by atoms with van der Waals surface area (Å²) >= 11 is 0. The van der Waals surface area contributed by atoms with Crippen molar-refractivity contribution in [2.75, 3.05) is 0 Å². The molecule has 0 saturated heterocycles. The molecule has 3 N–H and O–H groups in total. The molecule has 4 aromatic rings. The summed E-state index contributed by atoms with van der Waals surface area (Å²) in [5.41, 5.74) is 0.493. The molecule has 132 valence electrons. The lowest BCUT2D eigenvalue weighted by atomic mass is 10.1. The number of aryl methyl sites for hydroxylation is 1. The molecule has 0 spiro atoms. The molecule has 0 amide bonds. The van der Waals surface area contributed by atoms with E-state index < -0.39 is 11.3 Å². The molecule has 0 radical (unpaired) electrons. The van der Waals surface area contributed by atoms with Crippen LogP contribution in [0, 0.1) is 6.92 Å². The Kier molecular flexibility index (Phi) is 4.36. The summed E-state index contributed by atoms with van der Waals surface area (Å²) < 4.78 is 9.68. The van der Waals surface area contributed by atoms with Gasteiger partial charge in [-0.3, -0.25) is 0 Å². The lowest BCUT2D eigenvalue weighted by molar-refractivity contribution is 0.403. The molecule has 0 aliphatic heterocycles. The monoisotopic (exact) mass is 354 g/mol. The molecule has 2 aromatic heterocycles.